The summed E-state index contributed by atoms with van der Waals surface area (Å²) in [5, 5.41) is 19.6. The van der Waals surface area contributed by atoms with Gasteiger partial charge < -0.3 is 5.11 Å². The number of nitro benzene ring substituents is 1. The standard InChI is InChI=1S/C10H8BrNO4/c11-5-1-2-6(9(3-5)12(15)16)7-4-8(7)10(13)14/h1-3,7-8H,4H2,(H,13,14). The molecule has 0 bridgehead atoms. The summed E-state index contributed by atoms with van der Waals surface area (Å²) in [7, 11) is 0. The van der Waals surface area contributed by atoms with Gasteiger partial charge in [-0.2, -0.15) is 0 Å². The molecule has 2 atom stereocenters. The average Bonchev–Trinajstić information content (AvgIpc) is 2.97. The molecule has 1 aromatic carbocycles. The van der Waals surface area contributed by atoms with Crippen molar-refractivity contribution in [3.8, 4) is 0 Å². The molecule has 1 N–H and O–H groups in total. The summed E-state index contributed by atoms with van der Waals surface area (Å²) in [4.78, 5) is 21.1. The van der Waals surface area contributed by atoms with Crippen molar-refractivity contribution in [3.05, 3.63) is 38.3 Å². The van der Waals surface area contributed by atoms with Crippen LogP contribution in [0.5, 0.6) is 0 Å². The molecule has 0 saturated heterocycles. The van der Waals surface area contributed by atoms with Gasteiger partial charge in [-0.05, 0) is 12.5 Å². The van der Waals surface area contributed by atoms with E-state index in [9.17, 15) is 14.9 Å². The van der Waals surface area contributed by atoms with Crippen LogP contribution in [0, 0.1) is 16.0 Å². The first-order valence-electron chi connectivity index (χ1n) is 4.67. The molecule has 0 heterocycles. The van der Waals surface area contributed by atoms with Crippen molar-refractivity contribution in [2.45, 2.75) is 12.3 Å². The molecule has 0 spiro atoms. The number of hydrogen-bond acceptors (Lipinski definition) is 3. The van der Waals surface area contributed by atoms with Crippen LogP contribution < -0.4 is 0 Å². The van der Waals surface area contributed by atoms with Gasteiger partial charge in [-0.15, -0.1) is 0 Å². The smallest absolute Gasteiger partial charge is 0.307 e. The van der Waals surface area contributed by atoms with Gasteiger partial charge in [0.15, 0.2) is 0 Å². The van der Waals surface area contributed by atoms with Crippen LogP contribution >= 0.6 is 15.9 Å². The second-order valence-corrected chi connectivity index (χ2v) is 4.66. The van der Waals surface area contributed by atoms with E-state index in [1.165, 1.54) is 6.07 Å². The first-order chi connectivity index (χ1) is 7.50. The molecule has 1 fully saturated rings. The highest BCUT2D eigenvalue weighted by atomic mass is 79.9. The van der Waals surface area contributed by atoms with Gasteiger partial charge in [0.05, 0.1) is 10.8 Å². The van der Waals surface area contributed by atoms with Gasteiger partial charge >= 0.3 is 5.97 Å². The zero-order chi connectivity index (χ0) is 11.9. The van der Waals surface area contributed by atoms with Crippen LogP contribution in [-0.2, 0) is 4.79 Å². The maximum atomic E-state index is 10.8. The predicted octanol–water partition coefficient (Wildman–Crippen LogP) is 2.55. The summed E-state index contributed by atoms with van der Waals surface area (Å²) < 4.78 is 0.621. The van der Waals surface area contributed by atoms with Crippen molar-refractivity contribution < 1.29 is 14.8 Å². The summed E-state index contributed by atoms with van der Waals surface area (Å²) in [5.74, 6) is -1.58. The van der Waals surface area contributed by atoms with Crippen molar-refractivity contribution in [3.63, 3.8) is 0 Å². The lowest BCUT2D eigenvalue weighted by Gasteiger charge is -2.01. The number of aliphatic carboxylic acids is 1. The lowest BCUT2D eigenvalue weighted by atomic mass is 10.1. The summed E-state index contributed by atoms with van der Waals surface area (Å²) in [6.07, 6.45) is 0.484. The number of hydrogen-bond donors (Lipinski definition) is 1. The Balaban J connectivity index is 2.35. The van der Waals surface area contributed by atoms with E-state index in [-0.39, 0.29) is 11.6 Å². The van der Waals surface area contributed by atoms with Gasteiger partial charge in [0, 0.05) is 22.0 Å². The molecule has 1 saturated carbocycles. The van der Waals surface area contributed by atoms with Crippen LogP contribution in [0.2, 0.25) is 0 Å². The highest BCUT2D eigenvalue weighted by Crippen LogP contribution is 2.50. The summed E-state index contributed by atoms with van der Waals surface area (Å²) in [6, 6.07) is 4.72. The molecule has 0 aromatic heterocycles. The molecular weight excluding hydrogens is 278 g/mol. The monoisotopic (exact) mass is 285 g/mol. The van der Waals surface area contributed by atoms with Crippen molar-refractivity contribution in [1.29, 1.82) is 0 Å². The van der Waals surface area contributed by atoms with E-state index in [2.05, 4.69) is 15.9 Å². The summed E-state index contributed by atoms with van der Waals surface area (Å²) >= 11 is 3.16. The zero-order valence-corrected chi connectivity index (χ0v) is 9.68. The minimum atomic E-state index is -0.887. The summed E-state index contributed by atoms with van der Waals surface area (Å²) in [6.45, 7) is 0. The number of rotatable bonds is 3. The second kappa shape index (κ2) is 3.86. The number of halogens is 1. The van der Waals surface area contributed by atoms with Gasteiger partial charge in [0.25, 0.3) is 5.69 Å². The second-order valence-electron chi connectivity index (χ2n) is 3.75. The Kier molecular flexibility index (Phi) is 2.67. The topological polar surface area (TPSA) is 80.4 Å². The largest absolute Gasteiger partial charge is 0.481 e. The van der Waals surface area contributed by atoms with Gasteiger partial charge in [-0.3, -0.25) is 14.9 Å². The molecule has 84 valence electrons. The first-order valence-corrected chi connectivity index (χ1v) is 5.46. The third-order valence-electron chi connectivity index (χ3n) is 2.70. The highest BCUT2D eigenvalue weighted by molar-refractivity contribution is 9.10. The Morgan fingerprint density at radius 2 is 2.25 bits per heavy atom. The van der Waals surface area contributed by atoms with E-state index in [1.54, 1.807) is 12.1 Å². The van der Waals surface area contributed by atoms with Crippen LogP contribution in [0.25, 0.3) is 0 Å². The molecule has 16 heavy (non-hydrogen) atoms. The van der Waals surface area contributed by atoms with E-state index in [0.29, 0.717) is 16.5 Å². The van der Waals surface area contributed by atoms with E-state index < -0.39 is 16.8 Å². The van der Waals surface area contributed by atoms with E-state index in [0.717, 1.165) is 0 Å². The Hall–Kier alpha value is -1.43. The van der Waals surface area contributed by atoms with Crippen molar-refractivity contribution in [2.24, 2.45) is 5.92 Å². The van der Waals surface area contributed by atoms with Crippen LogP contribution in [0.1, 0.15) is 17.9 Å². The summed E-state index contributed by atoms with van der Waals surface area (Å²) in [5.41, 5.74) is 0.503. The molecule has 0 radical (unpaired) electrons. The lowest BCUT2D eigenvalue weighted by Crippen LogP contribution is -2.01. The third kappa shape index (κ3) is 1.92. The zero-order valence-electron chi connectivity index (χ0n) is 8.09. The van der Waals surface area contributed by atoms with E-state index >= 15 is 0 Å². The van der Waals surface area contributed by atoms with E-state index in [4.69, 9.17) is 5.11 Å². The lowest BCUT2D eigenvalue weighted by molar-refractivity contribution is -0.385. The Morgan fingerprint density at radius 1 is 1.56 bits per heavy atom. The molecule has 0 aliphatic heterocycles. The fourth-order valence-electron chi connectivity index (χ4n) is 1.80. The van der Waals surface area contributed by atoms with Gasteiger partial charge in [-0.1, -0.05) is 22.0 Å². The van der Waals surface area contributed by atoms with Crippen LogP contribution in [0.3, 0.4) is 0 Å². The van der Waals surface area contributed by atoms with Crippen LogP contribution in [0.4, 0.5) is 5.69 Å². The predicted molar refractivity (Wildman–Crippen MR) is 59.3 cm³/mol. The van der Waals surface area contributed by atoms with Crippen molar-refractivity contribution >= 4 is 27.6 Å². The van der Waals surface area contributed by atoms with Crippen LogP contribution in [-0.4, -0.2) is 16.0 Å². The number of carbonyl (C=O) groups is 1. The third-order valence-corrected chi connectivity index (χ3v) is 3.19. The maximum Gasteiger partial charge on any atom is 0.307 e. The fourth-order valence-corrected chi connectivity index (χ4v) is 2.15. The van der Waals surface area contributed by atoms with Crippen LogP contribution in [0.15, 0.2) is 22.7 Å². The molecule has 1 aliphatic carbocycles. The molecule has 2 unspecified atom stereocenters. The maximum absolute atomic E-state index is 10.8. The molecule has 6 heteroatoms. The van der Waals surface area contributed by atoms with Gasteiger partial charge in [0.2, 0.25) is 0 Å². The molecule has 1 aliphatic rings. The normalized spacial score (nSPS) is 22.8. The quantitative estimate of drug-likeness (QED) is 0.684. The molecule has 1 aromatic rings. The molecule has 2 rings (SSSR count). The van der Waals surface area contributed by atoms with Gasteiger partial charge in [0.1, 0.15) is 0 Å². The van der Waals surface area contributed by atoms with Crippen molar-refractivity contribution in [2.75, 3.05) is 0 Å². The number of benzene rings is 1. The SMILES string of the molecule is O=C(O)C1CC1c1ccc(Br)cc1[N+](=O)[O-]. The number of carboxylic acids is 1. The first kappa shape index (κ1) is 11.1. The number of nitro groups is 1. The van der Waals surface area contributed by atoms with Crippen molar-refractivity contribution in [1.82, 2.24) is 0 Å². The average molecular weight is 286 g/mol. The molecular formula is C10H8BrNO4. The Bertz CT molecular complexity index is 474. The Morgan fingerprint density at radius 3 is 2.75 bits per heavy atom. The molecule has 0 amide bonds. The number of nitrogens with zero attached hydrogens (tertiary/aromatic N) is 1. The number of carboxylic acid groups (broad SMARTS) is 1. The minimum Gasteiger partial charge on any atom is -0.481 e. The fraction of sp³-hybridized carbons (Fsp3) is 0.300. The Labute approximate surface area is 99.4 Å². The molecule has 5 nitrogen and oxygen atoms in total. The minimum absolute atomic E-state index is 0.0110. The van der Waals surface area contributed by atoms with Gasteiger partial charge in [-0.25, -0.2) is 0 Å². The van der Waals surface area contributed by atoms with E-state index in [1.807, 2.05) is 0 Å². The highest BCUT2D eigenvalue weighted by Gasteiger charge is 2.46.